The zero-order valence-electron chi connectivity index (χ0n) is 10.7. The van der Waals surface area contributed by atoms with E-state index in [1.807, 2.05) is 6.92 Å². The summed E-state index contributed by atoms with van der Waals surface area (Å²) in [6.07, 6.45) is 1.50. The van der Waals surface area contributed by atoms with E-state index in [0.29, 0.717) is 11.5 Å². The predicted molar refractivity (Wildman–Crippen MR) is 70.5 cm³/mol. The molecular formula is C14H14N2O3. The van der Waals surface area contributed by atoms with E-state index in [0.717, 1.165) is 5.56 Å². The number of hydrogen-bond acceptors (Lipinski definition) is 4. The fraction of sp³-hybridized carbons (Fsp3) is 0.143. The Morgan fingerprint density at radius 3 is 2.74 bits per heavy atom. The van der Waals surface area contributed by atoms with Crippen LogP contribution in [0.15, 0.2) is 36.5 Å². The Morgan fingerprint density at radius 1 is 1.26 bits per heavy atom. The summed E-state index contributed by atoms with van der Waals surface area (Å²) in [4.78, 5) is 15.4. The van der Waals surface area contributed by atoms with Gasteiger partial charge in [0.05, 0.1) is 0 Å². The van der Waals surface area contributed by atoms with Crippen molar-refractivity contribution in [3.05, 3.63) is 47.8 Å². The molecule has 98 valence electrons. The van der Waals surface area contributed by atoms with Crippen LogP contribution in [0.3, 0.4) is 0 Å². The lowest BCUT2D eigenvalue weighted by atomic mass is 10.2. The quantitative estimate of drug-likeness (QED) is 0.885. The zero-order chi connectivity index (χ0) is 13.8. The molecule has 2 aromatic rings. The third-order valence-corrected chi connectivity index (χ3v) is 2.46. The number of amides is 1. The molecule has 0 bridgehead atoms. The molecule has 0 aliphatic heterocycles. The average Bonchev–Trinajstić information content (AvgIpc) is 2.37. The molecule has 0 fully saturated rings. The van der Waals surface area contributed by atoms with E-state index >= 15 is 0 Å². The van der Waals surface area contributed by atoms with Crippen molar-refractivity contribution in [1.82, 2.24) is 10.3 Å². The van der Waals surface area contributed by atoms with E-state index in [-0.39, 0.29) is 17.4 Å². The van der Waals surface area contributed by atoms with Crippen molar-refractivity contribution < 1.29 is 14.6 Å². The van der Waals surface area contributed by atoms with Gasteiger partial charge in [-0.1, -0.05) is 0 Å². The third kappa shape index (κ3) is 3.22. The first-order valence-electron chi connectivity index (χ1n) is 5.75. The number of aryl methyl sites for hydroxylation is 1. The number of ether oxygens (including phenoxy) is 1. The van der Waals surface area contributed by atoms with Gasteiger partial charge in [-0.2, -0.15) is 0 Å². The number of phenolic OH excluding ortho intramolecular Hbond substituents is 1. The molecule has 0 unspecified atom stereocenters. The minimum Gasteiger partial charge on any atom is -0.508 e. The standard InChI is InChI=1S/C14H14N2O3/c1-9-5-10(17)7-12(6-9)19-11-3-4-16-13(8-11)14(18)15-2/h3-8,17H,1-2H3,(H,15,18). The van der Waals surface area contributed by atoms with Gasteiger partial charge in [0.1, 0.15) is 22.9 Å². The van der Waals surface area contributed by atoms with Gasteiger partial charge in [0.2, 0.25) is 0 Å². The van der Waals surface area contributed by atoms with Crippen LogP contribution in [0, 0.1) is 6.92 Å². The highest BCUT2D eigenvalue weighted by molar-refractivity contribution is 5.92. The van der Waals surface area contributed by atoms with Gasteiger partial charge in [-0.25, -0.2) is 0 Å². The van der Waals surface area contributed by atoms with Crippen LogP contribution in [0.1, 0.15) is 16.1 Å². The van der Waals surface area contributed by atoms with Crippen LogP contribution in [0.5, 0.6) is 17.2 Å². The summed E-state index contributed by atoms with van der Waals surface area (Å²) in [5, 5.41) is 12.0. The van der Waals surface area contributed by atoms with Crippen LogP contribution in [0.2, 0.25) is 0 Å². The summed E-state index contributed by atoms with van der Waals surface area (Å²) in [5.41, 5.74) is 1.16. The predicted octanol–water partition coefficient (Wildman–Crippen LogP) is 2.25. The Labute approximate surface area is 110 Å². The molecule has 1 aromatic carbocycles. The van der Waals surface area contributed by atoms with Crippen molar-refractivity contribution >= 4 is 5.91 Å². The lowest BCUT2D eigenvalue weighted by molar-refractivity contribution is 0.0958. The topological polar surface area (TPSA) is 71.5 Å². The Morgan fingerprint density at radius 2 is 2.05 bits per heavy atom. The fourth-order valence-corrected chi connectivity index (χ4v) is 1.65. The van der Waals surface area contributed by atoms with E-state index in [9.17, 15) is 9.90 Å². The molecule has 2 N–H and O–H groups in total. The number of rotatable bonds is 3. The van der Waals surface area contributed by atoms with Crippen molar-refractivity contribution in [1.29, 1.82) is 0 Å². The smallest absolute Gasteiger partial charge is 0.269 e. The Balaban J connectivity index is 2.25. The molecule has 0 saturated carbocycles. The summed E-state index contributed by atoms with van der Waals surface area (Å²) < 4.78 is 5.60. The normalized spacial score (nSPS) is 10.0. The molecule has 5 heteroatoms. The van der Waals surface area contributed by atoms with Crippen LogP contribution in [-0.4, -0.2) is 23.0 Å². The molecule has 2 rings (SSSR count). The van der Waals surface area contributed by atoms with Crippen LogP contribution in [0.4, 0.5) is 0 Å². The van der Waals surface area contributed by atoms with Crippen molar-refractivity contribution in [3.8, 4) is 17.2 Å². The number of aromatic nitrogens is 1. The number of pyridine rings is 1. The molecule has 0 aliphatic carbocycles. The van der Waals surface area contributed by atoms with E-state index < -0.39 is 0 Å². The summed E-state index contributed by atoms with van der Waals surface area (Å²) in [6.45, 7) is 1.86. The molecule has 1 heterocycles. The Hall–Kier alpha value is -2.56. The molecule has 1 aromatic heterocycles. The monoisotopic (exact) mass is 258 g/mol. The molecule has 1 amide bonds. The zero-order valence-corrected chi connectivity index (χ0v) is 10.7. The number of carbonyl (C=O) groups is 1. The summed E-state index contributed by atoms with van der Waals surface area (Å²) >= 11 is 0. The van der Waals surface area contributed by atoms with Crippen LogP contribution in [-0.2, 0) is 0 Å². The highest BCUT2D eigenvalue weighted by atomic mass is 16.5. The largest absolute Gasteiger partial charge is 0.508 e. The number of nitrogens with zero attached hydrogens (tertiary/aromatic N) is 1. The van der Waals surface area contributed by atoms with Gasteiger partial charge in [-0.15, -0.1) is 0 Å². The van der Waals surface area contributed by atoms with Crippen molar-refractivity contribution in [2.75, 3.05) is 7.05 Å². The molecule has 0 spiro atoms. The number of phenols is 1. The molecule has 5 nitrogen and oxygen atoms in total. The summed E-state index contributed by atoms with van der Waals surface area (Å²) in [5.74, 6) is 0.846. The second-order valence-corrected chi connectivity index (χ2v) is 4.06. The summed E-state index contributed by atoms with van der Waals surface area (Å²) in [7, 11) is 1.54. The summed E-state index contributed by atoms with van der Waals surface area (Å²) in [6, 6.07) is 8.12. The van der Waals surface area contributed by atoms with Gasteiger partial charge < -0.3 is 15.2 Å². The lowest BCUT2D eigenvalue weighted by Crippen LogP contribution is -2.18. The number of carbonyl (C=O) groups excluding carboxylic acids is 1. The van der Waals surface area contributed by atoms with Crippen LogP contribution in [0.25, 0.3) is 0 Å². The lowest BCUT2D eigenvalue weighted by Gasteiger charge is -2.08. The van der Waals surface area contributed by atoms with E-state index in [1.165, 1.54) is 25.4 Å². The molecule has 19 heavy (non-hydrogen) atoms. The van der Waals surface area contributed by atoms with Gasteiger partial charge in [-0.3, -0.25) is 9.78 Å². The third-order valence-electron chi connectivity index (χ3n) is 2.46. The van der Waals surface area contributed by atoms with Crippen molar-refractivity contribution in [3.63, 3.8) is 0 Å². The minimum atomic E-state index is -0.280. The van der Waals surface area contributed by atoms with Gasteiger partial charge in [0.25, 0.3) is 5.91 Å². The number of hydrogen-bond donors (Lipinski definition) is 2. The molecule has 0 aliphatic rings. The Bertz CT molecular complexity index is 591. The average molecular weight is 258 g/mol. The maximum absolute atomic E-state index is 11.5. The Kier molecular flexibility index (Phi) is 3.66. The van der Waals surface area contributed by atoms with E-state index in [4.69, 9.17) is 4.74 Å². The van der Waals surface area contributed by atoms with Gasteiger partial charge in [0.15, 0.2) is 0 Å². The van der Waals surface area contributed by atoms with Gasteiger partial charge in [0, 0.05) is 25.4 Å². The number of nitrogens with one attached hydrogen (secondary N) is 1. The molecule has 0 saturated heterocycles. The SMILES string of the molecule is CNC(=O)c1cc(Oc2cc(C)cc(O)c2)ccn1. The number of benzene rings is 1. The highest BCUT2D eigenvalue weighted by Crippen LogP contribution is 2.26. The van der Waals surface area contributed by atoms with Crippen LogP contribution >= 0.6 is 0 Å². The van der Waals surface area contributed by atoms with Gasteiger partial charge in [-0.05, 0) is 30.7 Å². The van der Waals surface area contributed by atoms with E-state index in [2.05, 4.69) is 10.3 Å². The molecular weight excluding hydrogens is 244 g/mol. The van der Waals surface area contributed by atoms with Crippen molar-refractivity contribution in [2.24, 2.45) is 0 Å². The minimum absolute atomic E-state index is 0.135. The second-order valence-electron chi connectivity index (χ2n) is 4.06. The first-order valence-corrected chi connectivity index (χ1v) is 5.75. The molecule has 0 radical (unpaired) electrons. The first-order chi connectivity index (χ1) is 9.08. The fourth-order valence-electron chi connectivity index (χ4n) is 1.65. The van der Waals surface area contributed by atoms with Crippen molar-refractivity contribution in [2.45, 2.75) is 6.92 Å². The first kappa shape index (κ1) is 12.9. The number of aromatic hydroxyl groups is 1. The molecule has 0 atom stereocenters. The van der Waals surface area contributed by atoms with E-state index in [1.54, 1.807) is 18.2 Å². The van der Waals surface area contributed by atoms with Gasteiger partial charge >= 0.3 is 0 Å². The maximum Gasteiger partial charge on any atom is 0.269 e. The highest BCUT2D eigenvalue weighted by Gasteiger charge is 2.07. The maximum atomic E-state index is 11.5. The van der Waals surface area contributed by atoms with Crippen LogP contribution < -0.4 is 10.1 Å². The second kappa shape index (κ2) is 5.39.